The number of nitrogens with one attached hydrogen (secondary N) is 2. The Morgan fingerprint density at radius 2 is 2.14 bits per heavy atom. The van der Waals surface area contributed by atoms with Gasteiger partial charge in [0.05, 0.1) is 5.39 Å². The molecule has 0 aromatic carbocycles. The lowest BCUT2D eigenvalue weighted by Gasteiger charge is -2.11. The van der Waals surface area contributed by atoms with E-state index in [-0.39, 0.29) is 11.9 Å². The number of amides is 1. The molecule has 0 aliphatic rings. The van der Waals surface area contributed by atoms with Gasteiger partial charge in [-0.15, -0.1) is 0 Å². The van der Waals surface area contributed by atoms with Crippen molar-refractivity contribution in [3.8, 4) is 0 Å². The summed E-state index contributed by atoms with van der Waals surface area (Å²) in [6.45, 7) is 5.74. The summed E-state index contributed by atoms with van der Waals surface area (Å²) >= 11 is 0. The number of hydrogen-bond acceptors (Lipinski definition) is 4. The number of aromatic nitrogens is 5. The molecule has 0 atom stereocenters. The molecule has 7 nitrogen and oxygen atoms in total. The normalized spacial score (nSPS) is 11.2. The minimum atomic E-state index is -0.234. The Bertz CT molecular complexity index is 801. The maximum absolute atomic E-state index is 12.4. The number of hydrogen-bond donors (Lipinski definition) is 2. The predicted octanol–water partition coefficient (Wildman–Crippen LogP) is 2.30. The maximum Gasteiger partial charge on any atom is 0.275 e. The van der Waals surface area contributed by atoms with Crippen LogP contribution in [0.5, 0.6) is 0 Å². The highest BCUT2D eigenvalue weighted by Gasteiger charge is 2.16. The summed E-state index contributed by atoms with van der Waals surface area (Å²) in [5.74, 6) is 0.861. The van der Waals surface area contributed by atoms with Crippen LogP contribution < -0.4 is 5.32 Å². The van der Waals surface area contributed by atoms with E-state index in [4.69, 9.17) is 0 Å². The minimum Gasteiger partial charge on any atom is -0.346 e. The Labute approximate surface area is 121 Å². The number of aromatic amines is 1. The standard InChI is InChI=1S/C14H16N6O/c1-8(2)20-11(5-7-16-20)14(21)19-13-10-4-6-15-12(10)17-9(3)18-13/h4-8H,1-3H3,(H2,15,17,18,19,21). The van der Waals surface area contributed by atoms with Crippen LogP contribution in [0.3, 0.4) is 0 Å². The SMILES string of the molecule is Cc1nc(NC(=O)c2ccnn2C(C)C)c2cc[nH]c2n1. The molecule has 0 saturated carbocycles. The van der Waals surface area contributed by atoms with Crippen molar-refractivity contribution >= 4 is 22.8 Å². The van der Waals surface area contributed by atoms with Crippen LogP contribution in [0.15, 0.2) is 24.5 Å². The lowest BCUT2D eigenvalue weighted by atomic mass is 10.3. The second kappa shape index (κ2) is 5.01. The molecule has 3 aromatic rings. The number of carbonyl (C=O) groups is 1. The molecule has 0 spiro atoms. The van der Waals surface area contributed by atoms with E-state index in [1.54, 1.807) is 30.1 Å². The molecule has 21 heavy (non-hydrogen) atoms. The molecule has 0 bridgehead atoms. The Morgan fingerprint density at radius 1 is 1.33 bits per heavy atom. The van der Waals surface area contributed by atoms with Crippen molar-refractivity contribution in [1.82, 2.24) is 24.7 Å². The van der Waals surface area contributed by atoms with Gasteiger partial charge < -0.3 is 10.3 Å². The van der Waals surface area contributed by atoms with Gasteiger partial charge in [0.15, 0.2) is 0 Å². The van der Waals surface area contributed by atoms with Crippen LogP contribution in [0.25, 0.3) is 11.0 Å². The summed E-state index contributed by atoms with van der Waals surface area (Å²) in [5, 5.41) is 7.79. The number of carbonyl (C=O) groups excluding carboxylic acids is 1. The summed E-state index contributed by atoms with van der Waals surface area (Å²) < 4.78 is 1.68. The predicted molar refractivity (Wildman–Crippen MR) is 79.2 cm³/mol. The molecule has 0 aliphatic heterocycles. The average Bonchev–Trinajstić information content (AvgIpc) is 3.06. The van der Waals surface area contributed by atoms with Gasteiger partial charge in [0, 0.05) is 18.4 Å². The fourth-order valence-electron chi connectivity index (χ4n) is 2.23. The van der Waals surface area contributed by atoms with E-state index in [0.717, 1.165) is 5.39 Å². The number of H-pyrrole nitrogens is 1. The third-order valence-electron chi connectivity index (χ3n) is 3.15. The molecule has 0 radical (unpaired) electrons. The van der Waals surface area contributed by atoms with Crippen molar-refractivity contribution in [2.45, 2.75) is 26.8 Å². The van der Waals surface area contributed by atoms with Crippen LogP contribution in [-0.4, -0.2) is 30.6 Å². The zero-order chi connectivity index (χ0) is 15.0. The topological polar surface area (TPSA) is 88.5 Å². The first-order chi connectivity index (χ1) is 10.1. The Morgan fingerprint density at radius 3 is 2.90 bits per heavy atom. The van der Waals surface area contributed by atoms with Crippen molar-refractivity contribution in [3.63, 3.8) is 0 Å². The van der Waals surface area contributed by atoms with Gasteiger partial charge in [0.1, 0.15) is 23.0 Å². The summed E-state index contributed by atoms with van der Waals surface area (Å²) in [4.78, 5) is 24.0. The lowest BCUT2D eigenvalue weighted by Crippen LogP contribution is -2.20. The van der Waals surface area contributed by atoms with Gasteiger partial charge in [0.25, 0.3) is 5.91 Å². The van der Waals surface area contributed by atoms with E-state index in [1.807, 2.05) is 19.9 Å². The number of anilines is 1. The number of fused-ring (bicyclic) bond motifs is 1. The smallest absolute Gasteiger partial charge is 0.275 e. The van der Waals surface area contributed by atoms with Crippen molar-refractivity contribution in [2.75, 3.05) is 5.32 Å². The molecular weight excluding hydrogens is 268 g/mol. The summed E-state index contributed by atoms with van der Waals surface area (Å²) in [5.41, 5.74) is 1.21. The Balaban J connectivity index is 1.96. The van der Waals surface area contributed by atoms with E-state index in [9.17, 15) is 4.79 Å². The van der Waals surface area contributed by atoms with Crippen LogP contribution >= 0.6 is 0 Å². The molecule has 0 unspecified atom stereocenters. The summed E-state index contributed by atoms with van der Waals surface area (Å²) in [6.07, 6.45) is 3.39. The van der Waals surface area contributed by atoms with Crippen LogP contribution in [-0.2, 0) is 0 Å². The monoisotopic (exact) mass is 284 g/mol. The highest BCUT2D eigenvalue weighted by Crippen LogP contribution is 2.20. The van der Waals surface area contributed by atoms with Gasteiger partial charge >= 0.3 is 0 Å². The van der Waals surface area contributed by atoms with Gasteiger partial charge in [-0.05, 0) is 32.9 Å². The van der Waals surface area contributed by atoms with Crippen LogP contribution in [0.2, 0.25) is 0 Å². The highest BCUT2D eigenvalue weighted by atomic mass is 16.2. The molecule has 0 fully saturated rings. The molecule has 108 valence electrons. The first-order valence-corrected chi connectivity index (χ1v) is 6.73. The van der Waals surface area contributed by atoms with E-state index >= 15 is 0 Å². The van der Waals surface area contributed by atoms with Crippen molar-refractivity contribution in [2.24, 2.45) is 0 Å². The van der Waals surface area contributed by atoms with E-state index in [1.165, 1.54) is 0 Å². The summed E-state index contributed by atoms with van der Waals surface area (Å²) in [7, 11) is 0. The van der Waals surface area contributed by atoms with Crippen LogP contribution in [0.4, 0.5) is 5.82 Å². The second-order valence-electron chi connectivity index (χ2n) is 5.07. The Hall–Kier alpha value is -2.70. The van der Waals surface area contributed by atoms with E-state index in [0.29, 0.717) is 23.0 Å². The zero-order valence-corrected chi connectivity index (χ0v) is 12.1. The van der Waals surface area contributed by atoms with Gasteiger partial charge in [0.2, 0.25) is 0 Å². The van der Waals surface area contributed by atoms with Gasteiger partial charge in [-0.1, -0.05) is 0 Å². The fraction of sp³-hybridized carbons (Fsp3) is 0.286. The van der Waals surface area contributed by atoms with Crippen molar-refractivity contribution < 1.29 is 4.79 Å². The third kappa shape index (κ3) is 2.37. The third-order valence-corrected chi connectivity index (χ3v) is 3.15. The lowest BCUT2D eigenvalue weighted by molar-refractivity contribution is 0.101. The fourth-order valence-corrected chi connectivity index (χ4v) is 2.23. The average molecular weight is 284 g/mol. The molecule has 3 heterocycles. The highest BCUT2D eigenvalue weighted by molar-refractivity contribution is 6.06. The second-order valence-corrected chi connectivity index (χ2v) is 5.07. The molecule has 2 N–H and O–H groups in total. The van der Waals surface area contributed by atoms with E-state index < -0.39 is 0 Å². The van der Waals surface area contributed by atoms with Gasteiger partial charge in [-0.3, -0.25) is 9.48 Å². The van der Waals surface area contributed by atoms with Crippen LogP contribution in [0.1, 0.15) is 36.2 Å². The van der Waals surface area contributed by atoms with Gasteiger partial charge in [-0.25, -0.2) is 9.97 Å². The molecule has 3 aromatic heterocycles. The quantitative estimate of drug-likeness (QED) is 0.772. The first-order valence-electron chi connectivity index (χ1n) is 6.73. The molecule has 0 saturated heterocycles. The number of rotatable bonds is 3. The number of nitrogens with zero attached hydrogens (tertiary/aromatic N) is 4. The molecule has 1 amide bonds. The Kier molecular flexibility index (Phi) is 3.17. The van der Waals surface area contributed by atoms with Crippen molar-refractivity contribution in [1.29, 1.82) is 0 Å². The van der Waals surface area contributed by atoms with Gasteiger partial charge in [-0.2, -0.15) is 5.10 Å². The molecule has 3 rings (SSSR count). The summed E-state index contributed by atoms with van der Waals surface area (Å²) in [6, 6.07) is 3.64. The zero-order valence-electron chi connectivity index (χ0n) is 12.1. The van der Waals surface area contributed by atoms with Crippen molar-refractivity contribution in [3.05, 3.63) is 36.0 Å². The molecule has 7 heteroatoms. The van der Waals surface area contributed by atoms with Crippen LogP contribution in [0, 0.1) is 6.92 Å². The number of aryl methyl sites for hydroxylation is 1. The molecular formula is C14H16N6O. The minimum absolute atomic E-state index is 0.111. The first kappa shape index (κ1) is 13.3. The molecule has 0 aliphatic carbocycles. The maximum atomic E-state index is 12.4. The van der Waals surface area contributed by atoms with E-state index in [2.05, 4.69) is 25.4 Å². The largest absolute Gasteiger partial charge is 0.346 e.